The zero-order valence-electron chi connectivity index (χ0n) is 27.5. The molecule has 236 valence electrons. The third-order valence-electron chi connectivity index (χ3n) is 8.61. The molecule has 3 N–H and O–H groups in total. The molecule has 0 radical (unpaired) electrons. The first kappa shape index (κ1) is 32.6. The minimum absolute atomic E-state index is 0.254. The molecule has 0 unspecified atom stereocenters. The van der Waals surface area contributed by atoms with Gasteiger partial charge in [0.2, 0.25) is 0 Å². The fourth-order valence-electron chi connectivity index (χ4n) is 6.04. The smallest absolute Gasteiger partial charge is 0.0522 e. The standard InChI is InChI=1S/C26H20N2S.C15H12.C4H8/c27-16-24(28)18-14-12-17(13-15-18)19-6-1-2-7-20(19)22-9-5-10-23-21-8-3-4-11-25(21)29-26(22)23;1-2-6-12-10-11-13-7-4-5-9-15(13)14(12)8-3-1;1-3-4-2/h1-15,28H,16,27H2;1-5,7-11H,6H2;3-4H,1-2H3/b;;4-3-. The van der Waals surface area contributed by atoms with Crippen molar-refractivity contribution in [2.45, 2.75) is 20.3 Å². The SMILES string of the molecule is C/C=C\C.C1=CCc2ccc3ccccc3c2C=C1.N=C(CN)c1ccc(-c2ccccc2-c2cccc3c2sc2ccccc23)cc1. The van der Waals surface area contributed by atoms with Crippen LogP contribution in [-0.4, -0.2) is 12.3 Å². The number of nitrogens with one attached hydrogen (secondary N) is 1. The van der Waals surface area contributed by atoms with E-state index in [-0.39, 0.29) is 6.54 Å². The lowest BCUT2D eigenvalue weighted by atomic mass is 9.93. The van der Waals surface area contributed by atoms with E-state index in [1.165, 1.54) is 58.8 Å². The molecule has 1 aromatic heterocycles. The Balaban J connectivity index is 0.000000176. The van der Waals surface area contributed by atoms with Crippen LogP contribution in [0.3, 0.4) is 0 Å². The number of allylic oxidation sites excluding steroid dienone is 5. The van der Waals surface area contributed by atoms with E-state index in [1.807, 2.05) is 49.5 Å². The Kier molecular flexibility index (Phi) is 10.5. The first-order valence-corrected chi connectivity index (χ1v) is 17.2. The zero-order valence-corrected chi connectivity index (χ0v) is 28.3. The maximum Gasteiger partial charge on any atom is 0.0522 e. The normalized spacial score (nSPS) is 11.9. The monoisotopic (exact) mass is 640 g/mol. The molecule has 1 heterocycles. The molecule has 1 aliphatic rings. The molecule has 48 heavy (non-hydrogen) atoms. The van der Waals surface area contributed by atoms with Crippen LogP contribution >= 0.6 is 11.3 Å². The third-order valence-corrected chi connectivity index (χ3v) is 9.83. The van der Waals surface area contributed by atoms with Gasteiger partial charge in [0.1, 0.15) is 0 Å². The van der Waals surface area contributed by atoms with Crippen LogP contribution in [-0.2, 0) is 6.42 Å². The number of hydrogen-bond acceptors (Lipinski definition) is 3. The van der Waals surface area contributed by atoms with E-state index < -0.39 is 0 Å². The predicted molar refractivity (Wildman–Crippen MR) is 212 cm³/mol. The molecular formula is C45H40N2S. The van der Waals surface area contributed by atoms with E-state index in [0.29, 0.717) is 5.71 Å². The van der Waals surface area contributed by atoms with Crippen molar-refractivity contribution in [3.63, 3.8) is 0 Å². The van der Waals surface area contributed by atoms with Gasteiger partial charge in [0.15, 0.2) is 0 Å². The Morgan fingerprint density at radius 2 is 1.33 bits per heavy atom. The second-order valence-electron chi connectivity index (χ2n) is 11.6. The van der Waals surface area contributed by atoms with Crippen LogP contribution in [0.5, 0.6) is 0 Å². The molecule has 7 aromatic rings. The molecule has 3 heteroatoms. The average Bonchev–Trinajstić information content (AvgIpc) is 3.36. The van der Waals surface area contributed by atoms with Gasteiger partial charge in [-0.1, -0.05) is 158 Å². The summed E-state index contributed by atoms with van der Waals surface area (Å²) >= 11 is 1.85. The fraction of sp³-hybridized carbons (Fsp3) is 0.0889. The van der Waals surface area contributed by atoms with Crippen molar-refractivity contribution in [1.29, 1.82) is 5.41 Å². The van der Waals surface area contributed by atoms with Crippen molar-refractivity contribution in [1.82, 2.24) is 0 Å². The highest BCUT2D eigenvalue weighted by atomic mass is 32.1. The van der Waals surface area contributed by atoms with Crippen molar-refractivity contribution >= 4 is 54.1 Å². The summed E-state index contributed by atoms with van der Waals surface area (Å²) in [6.45, 7) is 4.25. The molecule has 0 saturated carbocycles. The molecule has 8 rings (SSSR count). The quantitative estimate of drug-likeness (QED) is 0.146. The summed E-state index contributed by atoms with van der Waals surface area (Å²) in [6, 6.07) is 44.9. The number of hydrogen-bond donors (Lipinski definition) is 2. The largest absolute Gasteiger partial charge is 0.325 e. The second-order valence-corrected chi connectivity index (χ2v) is 12.7. The van der Waals surface area contributed by atoms with Crippen LogP contribution in [0, 0.1) is 5.41 Å². The van der Waals surface area contributed by atoms with Crippen LogP contribution in [0.1, 0.15) is 30.5 Å². The highest BCUT2D eigenvalue weighted by Crippen LogP contribution is 2.42. The van der Waals surface area contributed by atoms with E-state index in [2.05, 4.69) is 140 Å². The lowest BCUT2D eigenvalue weighted by molar-refractivity contribution is 1.26. The Morgan fingerprint density at radius 3 is 2.10 bits per heavy atom. The summed E-state index contributed by atoms with van der Waals surface area (Å²) in [5, 5.41) is 13.3. The van der Waals surface area contributed by atoms with Gasteiger partial charge in [-0.05, 0) is 70.5 Å². The predicted octanol–water partition coefficient (Wildman–Crippen LogP) is 12.3. The molecule has 0 saturated heterocycles. The van der Waals surface area contributed by atoms with Crippen molar-refractivity contribution in [2.24, 2.45) is 5.73 Å². The van der Waals surface area contributed by atoms with Gasteiger partial charge in [-0.2, -0.15) is 0 Å². The highest BCUT2D eigenvalue weighted by Gasteiger charge is 2.14. The number of fused-ring (bicyclic) bond motifs is 6. The highest BCUT2D eigenvalue weighted by molar-refractivity contribution is 7.26. The summed E-state index contributed by atoms with van der Waals surface area (Å²) in [7, 11) is 0. The van der Waals surface area contributed by atoms with Gasteiger partial charge in [-0.3, -0.25) is 0 Å². The van der Waals surface area contributed by atoms with E-state index in [1.54, 1.807) is 0 Å². The summed E-state index contributed by atoms with van der Waals surface area (Å²) in [5.74, 6) is 0. The van der Waals surface area contributed by atoms with E-state index in [0.717, 1.165) is 17.5 Å². The van der Waals surface area contributed by atoms with E-state index in [9.17, 15) is 0 Å². The second kappa shape index (κ2) is 15.5. The Labute approximate surface area is 287 Å². The van der Waals surface area contributed by atoms with Gasteiger partial charge < -0.3 is 11.1 Å². The van der Waals surface area contributed by atoms with Crippen LogP contribution in [0.4, 0.5) is 0 Å². The maximum absolute atomic E-state index is 7.95. The van der Waals surface area contributed by atoms with E-state index >= 15 is 0 Å². The molecule has 0 aliphatic heterocycles. The van der Waals surface area contributed by atoms with Crippen molar-refractivity contribution in [3.8, 4) is 22.3 Å². The summed E-state index contributed by atoms with van der Waals surface area (Å²) in [5.41, 5.74) is 14.6. The van der Waals surface area contributed by atoms with E-state index in [4.69, 9.17) is 11.1 Å². The molecule has 0 spiro atoms. The van der Waals surface area contributed by atoms with Crippen LogP contribution < -0.4 is 5.73 Å². The third kappa shape index (κ3) is 6.99. The van der Waals surface area contributed by atoms with Crippen LogP contribution in [0.25, 0.3) is 59.3 Å². The molecule has 0 amide bonds. The van der Waals surface area contributed by atoms with Gasteiger partial charge in [-0.25, -0.2) is 0 Å². The molecule has 1 aliphatic carbocycles. The zero-order chi connectivity index (χ0) is 33.3. The Morgan fingerprint density at radius 1 is 0.667 bits per heavy atom. The molecule has 0 fully saturated rings. The van der Waals surface area contributed by atoms with Crippen molar-refractivity contribution < 1.29 is 0 Å². The fourth-order valence-corrected chi connectivity index (χ4v) is 7.27. The van der Waals surface area contributed by atoms with Gasteiger partial charge in [-0.15, -0.1) is 11.3 Å². The number of benzene rings is 6. The molecule has 6 aromatic carbocycles. The Bertz CT molecular complexity index is 2280. The minimum atomic E-state index is 0.254. The molecule has 0 atom stereocenters. The molecular weight excluding hydrogens is 601 g/mol. The molecule has 2 nitrogen and oxygen atoms in total. The number of nitrogens with two attached hydrogens (primary N) is 1. The number of thiophene rings is 1. The van der Waals surface area contributed by atoms with Gasteiger partial charge in [0, 0.05) is 32.3 Å². The topological polar surface area (TPSA) is 49.9 Å². The maximum atomic E-state index is 7.95. The van der Waals surface area contributed by atoms with Crippen molar-refractivity contribution in [3.05, 3.63) is 174 Å². The summed E-state index contributed by atoms with van der Waals surface area (Å²) in [6.07, 6.45) is 13.7. The lowest BCUT2D eigenvalue weighted by Crippen LogP contribution is -2.13. The van der Waals surface area contributed by atoms with Crippen molar-refractivity contribution in [2.75, 3.05) is 6.54 Å². The van der Waals surface area contributed by atoms with Gasteiger partial charge in [0.25, 0.3) is 0 Å². The van der Waals surface area contributed by atoms with Crippen LogP contribution in [0.15, 0.2) is 158 Å². The molecule has 0 bridgehead atoms. The summed E-state index contributed by atoms with van der Waals surface area (Å²) < 4.78 is 2.64. The minimum Gasteiger partial charge on any atom is -0.325 e. The summed E-state index contributed by atoms with van der Waals surface area (Å²) in [4.78, 5) is 0. The van der Waals surface area contributed by atoms with Crippen LogP contribution in [0.2, 0.25) is 0 Å². The first-order valence-electron chi connectivity index (χ1n) is 16.4. The number of rotatable bonds is 4. The lowest BCUT2D eigenvalue weighted by Gasteiger charge is -2.12. The van der Waals surface area contributed by atoms with Gasteiger partial charge >= 0.3 is 0 Å². The first-order chi connectivity index (χ1) is 23.6. The average molecular weight is 641 g/mol. The van der Waals surface area contributed by atoms with Gasteiger partial charge in [0.05, 0.1) is 5.71 Å². The Hall–Kier alpha value is -5.35.